The monoisotopic (exact) mass is 367 g/mol. The molecule has 5 nitrogen and oxygen atoms in total. The molecule has 0 saturated heterocycles. The summed E-state index contributed by atoms with van der Waals surface area (Å²) < 4.78 is 1.61. The van der Waals surface area contributed by atoms with E-state index in [1.807, 2.05) is 44.2 Å². The molecule has 1 heterocycles. The average Bonchev–Trinajstić information content (AvgIpc) is 2.58. The number of hydrogen-bond donors (Lipinski definition) is 0. The highest BCUT2D eigenvalue weighted by molar-refractivity contribution is 7.99. The number of carbonyl (C=O) groups excluding carboxylic acids is 1. The third-order valence-corrected chi connectivity index (χ3v) is 4.96. The fourth-order valence-electron chi connectivity index (χ4n) is 2.77. The van der Waals surface area contributed by atoms with Gasteiger partial charge in [-0.15, -0.1) is 0 Å². The first-order valence-electron chi connectivity index (χ1n) is 8.30. The number of benzene rings is 2. The third kappa shape index (κ3) is 3.65. The van der Waals surface area contributed by atoms with E-state index in [1.165, 1.54) is 16.7 Å². The lowest BCUT2D eigenvalue weighted by Gasteiger charge is -2.15. The Morgan fingerprint density at radius 3 is 2.42 bits per heavy atom. The highest BCUT2D eigenvalue weighted by Gasteiger charge is 2.15. The molecule has 3 rings (SSSR count). The van der Waals surface area contributed by atoms with Crippen LogP contribution in [0, 0.1) is 13.8 Å². The van der Waals surface area contributed by atoms with E-state index in [4.69, 9.17) is 0 Å². The van der Waals surface area contributed by atoms with Gasteiger partial charge in [0.2, 0.25) is 5.91 Å². The summed E-state index contributed by atoms with van der Waals surface area (Å²) in [7, 11) is 3.43. The maximum Gasteiger partial charge on any atom is 0.266 e. The van der Waals surface area contributed by atoms with Gasteiger partial charge in [-0.3, -0.25) is 14.2 Å². The summed E-state index contributed by atoms with van der Waals surface area (Å²) >= 11 is 1.28. The molecule has 0 fully saturated rings. The first-order valence-corrected chi connectivity index (χ1v) is 9.29. The Kier molecular flexibility index (Phi) is 5.13. The van der Waals surface area contributed by atoms with Crippen molar-refractivity contribution in [3.05, 3.63) is 63.9 Å². The van der Waals surface area contributed by atoms with Crippen molar-refractivity contribution in [1.29, 1.82) is 0 Å². The third-order valence-electron chi connectivity index (χ3n) is 4.03. The topological polar surface area (TPSA) is 55.2 Å². The van der Waals surface area contributed by atoms with E-state index in [1.54, 1.807) is 24.7 Å². The second-order valence-corrected chi connectivity index (χ2v) is 7.42. The van der Waals surface area contributed by atoms with E-state index in [0.717, 1.165) is 16.8 Å². The zero-order valence-corrected chi connectivity index (χ0v) is 16.1. The van der Waals surface area contributed by atoms with Crippen LogP contribution in [0.25, 0.3) is 16.6 Å². The van der Waals surface area contributed by atoms with Gasteiger partial charge in [0.1, 0.15) is 0 Å². The minimum absolute atomic E-state index is 0.0237. The average molecular weight is 367 g/mol. The number of rotatable bonds is 4. The van der Waals surface area contributed by atoms with E-state index < -0.39 is 0 Å². The molecule has 1 aromatic heterocycles. The molecule has 2 aromatic carbocycles. The quantitative estimate of drug-likeness (QED) is 0.525. The van der Waals surface area contributed by atoms with Gasteiger partial charge in [-0.05, 0) is 49.2 Å². The number of carbonyl (C=O) groups is 1. The fourth-order valence-corrected chi connectivity index (χ4v) is 3.76. The summed E-state index contributed by atoms with van der Waals surface area (Å²) in [5.74, 6) is 0.201. The number of nitrogens with zero attached hydrogens (tertiary/aromatic N) is 3. The molecule has 0 saturated carbocycles. The van der Waals surface area contributed by atoms with Crippen molar-refractivity contribution in [2.45, 2.75) is 19.0 Å². The summed E-state index contributed by atoms with van der Waals surface area (Å²) in [4.78, 5) is 31.4. The number of aryl methyl sites for hydroxylation is 2. The van der Waals surface area contributed by atoms with E-state index >= 15 is 0 Å². The van der Waals surface area contributed by atoms with Gasteiger partial charge in [0, 0.05) is 14.1 Å². The molecule has 6 heteroatoms. The molecule has 1 amide bonds. The van der Waals surface area contributed by atoms with Crippen molar-refractivity contribution in [1.82, 2.24) is 14.5 Å². The smallest absolute Gasteiger partial charge is 0.266 e. The highest BCUT2D eigenvalue weighted by atomic mass is 32.2. The number of hydrogen-bond acceptors (Lipinski definition) is 4. The minimum atomic E-state index is -0.125. The Hall–Kier alpha value is -2.60. The molecule has 3 aromatic rings. The zero-order chi connectivity index (χ0) is 18.8. The lowest BCUT2D eigenvalue weighted by atomic mass is 10.1. The number of amides is 1. The lowest BCUT2D eigenvalue weighted by molar-refractivity contribution is -0.125. The fraction of sp³-hybridized carbons (Fsp3) is 0.250. The van der Waals surface area contributed by atoms with Crippen LogP contribution in [-0.4, -0.2) is 40.2 Å². The molecule has 0 atom stereocenters. The van der Waals surface area contributed by atoms with Crippen LogP contribution in [0.2, 0.25) is 0 Å². The van der Waals surface area contributed by atoms with Crippen LogP contribution in [0.15, 0.2) is 52.4 Å². The summed E-state index contributed by atoms with van der Waals surface area (Å²) in [6.45, 7) is 4.00. The van der Waals surface area contributed by atoms with Gasteiger partial charge in [-0.2, -0.15) is 0 Å². The Balaban J connectivity index is 2.20. The van der Waals surface area contributed by atoms with Gasteiger partial charge >= 0.3 is 0 Å². The van der Waals surface area contributed by atoms with E-state index in [0.29, 0.717) is 16.1 Å². The molecular formula is C20H21N3O2S. The van der Waals surface area contributed by atoms with Gasteiger partial charge in [0.05, 0.1) is 22.3 Å². The van der Waals surface area contributed by atoms with Gasteiger partial charge < -0.3 is 4.90 Å². The van der Waals surface area contributed by atoms with Gasteiger partial charge in [0.15, 0.2) is 5.16 Å². The van der Waals surface area contributed by atoms with Crippen LogP contribution in [0.5, 0.6) is 0 Å². The molecule has 0 unspecified atom stereocenters. The van der Waals surface area contributed by atoms with Gasteiger partial charge in [-0.1, -0.05) is 30.0 Å². The second kappa shape index (κ2) is 7.33. The Bertz CT molecular complexity index is 1020. The number of aromatic nitrogens is 2. The Labute approximate surface area is 156 Å². The molecular weight excluding hydrogens is 346 g/mol. The standard InChI is InChI=1S/C20H21N3O2S/c1-13-9-14(2)11-15(10-13)23-19(25)16-7-5-6-8-17(16)21-20(23)26-12-18(24)22(3)4/h5-11H,12H2,1-4H3. The number of para-hydroxylation sites is 1. The summed E-state index contributed by atoms with van der Waals surface area (Å²) in [5, 5.41) is 1.09. The van der Waals surface area contributed by atoms with Crippen molar-refractivity contribution in [2.24, 2.45) is 0 Å². The maximum atomic E-state index is 13.2. The Morgan fingerprint density at radius 1 is 1.12 bits per heavy atom. The molecule has 0 bridgehead atoms. The largest absolute Gasteiger partial charge is 0.348 e. The predicted octanol–water partition coefficient (Wildman–Crippen LogP) is 3.18. The minimum Gasteiger partial charge on any atom is -0.348 e. The summed E-state index contributed by atoms with van der Waals surface area (Å²) in [5.41, 5.74) is 3.42. The predicted molar refractivity (Wildman–Crippen MR) is 106 cm³/mol. The first kappa shape index (κ1) is 18.2. The normalized spacial score (nSPS) is 10.9. The van der Waals surface area contributed by atoms with E-state index in [9.17, 15) is 9.59 Å². The van der Waals surface area contributed by atoms with Crippen molar-refractivity contribution in [2.75, 3.05) is 19.8 Å². The van der Waals surface area contributed by atoms with Crippen LogP contribution in [0.1, 0.15) is 11.1 Å². The summed E-state index contributed by atoms with van der Waals surface area (Å²) in [6.07, 6.45) is 0. The highest BCUT2D eigenvalue weighted by Crippen LogP contribution is 2.23. The van der Waals surface area contributed by atoms with Crippen molar-refractivity contribution in [3.8, 4) is 5.69 Å². The van der Waals surface area contributed by atoms with E-state index in [-0.39, 0.29) is 17.2 Å². The van der Waals surface area contributed by atoms with Gasteiger partial charge in [-0.25, -0.2) is 4.98 Å². The second-order valence-electron chi connectivity index (χ2n) is 6.47. The molecule has 0 aliphatic heterocycles. The lowest BCUT2D eigenvalue weighted by Crippen LogP contribution is -2.25. The zero-order valence-electron chi connectivity index (χ0n) is 15.3. The summed E-state index contributed by atoms with van der Waals surface area (Å²) in [6, 6.07) is 13.3. The molecule has 0 aliphatic rings. The molecule has 0 radical (unpaired) electrons. The van der Waals surface area contributed by atoms with Crippen LogP contribution in [0.3, 0.4) is 0 Å². The van der Waals surface area contributed by atoms with Crippen molar-refractivity contribution < 1.29 is 4.79 Å². The van der Waals surface area contributed by atoms with Crippen LogP contribution < -0.4 is 5.56 Å². The molecule has 26 heavy (non-hydrogen) atoms. The molecule has 0 spiro atoms. The van der Waals surface area contributed by atoms with Crippen LogP contribution in [0.4, 0.5) is 0 Å². The maximum absolute atomic E-state index is 13.2. The Morgan fingerprint density at radius 2 is 1.77 bits per heavy atom. The number of thioether (sulfide) groups is 1. The first-order chi connectivity index (χ1) is 12.4. The molecule has 0 aliphatic carbocycles. The van der Waals surface area contributed by atoms with Crippen LogP contribution in [-0.2, 0) is 4.79 Å². The number of fused-ring (bicyclic) bond motifs is 1. The molecule has 0 N–H and O–H groups in total. The SMILES string of the molecule is Cc1cc(C)cc(-n2c(SCC(=O)N(C)C)nc3ccccc3c2=O)c1. The van der Waals surface area contributed by atoms with Gasteiger partial charge in [0.25, 0.3) is 5.56 Å². The van der Waals surface area contributed by atoms with Crippen molar-refractivity contribution >= 4 is 28.6 Å². The van der Waals surface area contributed by atoms with E-state index in [2.05, 4.69) is 11.1 Å². The van der Waals surface area contributed by atoms with Crippen molar-refractivity contribution in [3.63, 3.8) is 0 Å². The molecule has 134 valence electrons. The van der Waals surface area contributed by atoms with Crippen LogP contribution >= 0.6 is 11.8 Å².